The number of carbonyl (C=O) groups excluding carboxylic acids is 3. The Kier molecular flexibility index (Phi) is 3.95. The van der Waals surface area contributed by atoms with Crippen molar-refractivity contribution in [2.24, 2.45) is 23.7 Å². The number of hydrogen-bond donors (Lipinski definition) is 1. The Morgan fingerprint density at radius 2 is 1.52 bits per heavy atom. The van der Waals surface area contributed by atoms with E-state index in [2.05, 4.69) is 17.5 Å². The van der Waals surface area contributed by atoms with Crippen LogP contribution in [0.2, 0.25) is 0 Å². The normalized spacial score (nSPS) is 26.9. The molecule has 1 heterocycles. The molecule has 1 saturated heterocycles. The molecule has 0 radical (unpaired) electrons. The molecule has 146 valence electrons. The summed E-state index contributed by atoms with van der Waals surface area (Å²) in [4.78, 5) is 40.6. The average Bonchev–Trinajstić information content (AvgIpc) is 3.35. The van der Waals surface area contributed by atoms with Gasteiger partial charge in [-0.1, -0.05) is 30.4 Å². The first-order valence-electron chi connectivity index (χ1n) is 9.99. The number of fused-ring (bicyclic) bond motifs is 5. The van der Waals surface area contributed by atoms with E-state index in [-0.39, 0.29) is 41.4 Å². The van der Waals surface area contributed by atoms with Gasteiger partial charge in [-0.2, -0.15) is 0 Å². The van der Waals surface area contributed by atoms with Crippen molar-refractivity contribution in [3.63, 3.8) is 0 Å². The lowest BCUT2D eigenvalue weighted by atomic mass is 9.85. The quantitative estimate of drug-likeness (QED) is 0.643. The SMILES string of the molecule is Cc1cc(C)cc(NC(=O)c2ccccc2N2C(=O)[C@@H]3[C@@H](C2=O)[C@H]2C=C[C@@H]3C2)c1. The minimum Gasteiger partial charge on any atom is -0.322 e. The fourth-order valence-electron chi connectivity index (χ4n) is 5.25. The molecule has 2 aromatic carbocycles. The second-order valence-electron chi connectivity index (χ2n) is 8.36. The largest absolute Gasteiger partial charge is 0.322 e. The number of rotatable bonds is 3. The summed E-state index contributed by atoms with van der Waals surface area (Å²) in [7, 11) is 0. The molecule has 2 bridgehead atoms. The first-order chi connectivity index (χ1) is 13.9. The van der Waals surface area contributed by atoms with Crippen LogP contribution >= 0.6 is 0 Å². The summed E-state index contributed by atoms with van der Waals surface area (Å²) in [6.07, 6.45) is 5.02. The molecule has 5 nitrogen and oxygen atoms in total. The van der Waals surface area contributed by atoms with Crippen molar-refractivity contribution in [3.05, 3.63) is 71.3 Å². The van der Waals surface area contributed by atoms with Gasteiger partial charge in [0.2, 0.25) is 11.8 Å². The smallest absolute Gasteiger partial charge is 0.257 e. The van der Waals surface area contributed by atoms with E-state index in [4.69, 9.17) is 0 Å². The van der Waals surface area contributed by atoms with Crippen molar-refractivity contribution >= 4 is 29.1 Å². The van der Waals surface area contributed by atoms with Crippen molar-refractivity contribution in [2.45, 2.75) is 20.3 Å². The number of hydrogen-bond acceptors (Lipinski definition) is 3. The number of amides is 3. The molecule has 2 aliphatic carbocycles. The maximum absolute atomic E-state index is 13.1. The average molecular weight is 386 g/mol. The third-order valence-electron chi connectivity index (χ3n) is 6.34. The molecular weight excluding hydrogens is 364 g/mol. The minimum atomic E-state index is -0.329. The van der Waals surface area contributed by atoms with E-state index in [0.29, 0.717) is 16.9 Å². The third kappa shape index (κ3) is 2.72. The number of nitrogens with zero attached hydrogens (tertiary/aromatic N) is 1. The maximum Gasteiger partial charge on any atom is 0.257 e. The van der Waals surface area contributed by atoms with E-state index < -0.39 is 0 Å². The summed E-state index contributed by atoms with van der Waals surface area (Å²) in [5.41, 5.74) is 3.50. The van der Waals surface area contributed by atoms with E-state index in [0.717, 1.165) is 17.5 Å². The maximum atomic E-state index is 13.1. The Bertz CT molecular complexity index is 1040. The highest BCUT2D eigenvalue weighted by molar-refractivity contribution is 6.25. The second-order valence-corrected chi connectivity index (χ2v) is 8.36. The van der Waals surface area contributed by atoms with Gasteiger partial charge in [-0.15, -0.1) is 0 Å². The van der Waals surface area contributed by atoms with Gasteiger partial charge in [-0.3, -0.25) is 14.4 Å². The molecule has 0 unspecified atom stereocenters. The van der Waals surface area contributed by atoms with Crippen LogP contribution in [0, 0.1) is 37.5 Å². The highest BCUT2D eigenvalue weighted by Gasteiger charge is 2.59. The Balaban J connectivity index is 1.48. The number of para-hydroxylation sites is 1. The Hall–Kier alpha value is -3.21. The van der Waals surface area contributed by atoms with Gasteiger partial charge in [0.05, 0.1) is 23.1 Å². The van der Waals surface area contributed by atoms with Crippen molar-refractivity contribution in [1.82, 2.24) is 0 Å². The summed E-state index contributed by atoms with van der Waals surface area (Å²) in [6, 6.07) is 12.7. The summed E-state index contributed by atoms with van der Waals surface area (Å²) in [5.74, 6) is -0.970. The molecule has 29 heavy (non-hydrogen) atoms. The standard InChI is InChI=1S/C24H22N2O3/c1-13-9-14(2)11-17(10-13)25-22(27)18-5-3-4-6-19(18)26-23(28)20-15-7-8-16(12-15)21(20)24(26)29/h3-11,15-16,20-21H,12H2,1-2H3,(H,25,27)/t15-,16+,20-,21-/m0/s1. The van der Waals surface area contributed by atoms with Crippen LogP contribution in [0.4, 0.5) is 11.4 Å². The number of allylic oxidation sites excluding steroid dienone is 2. The number of benzene rings is 2. The van der Waals surface area contributed by atoms with E-state index in [1.165, 1.54) is 4.90 Å². The van der Waals surface area contributed by atoms with Crippen LogP contribution in [0.25, 0.3) is 0 Å². The highest BCUT2D eigenvalue weighted by atomic mass is 16.2. The summed E-state index contributed by atoms with van der Waals surface area (Å²) in [6.45, 7) is 3.94. The van der Waals surface area contributed by atoms with Crippen LogP contribution in [-0.2, 0) is 9.59 Å². The van der Waals surface area contributed by atoms with E-state index in [9.17, 15) is 14.4 Å². The molecule has 3 amide bonds. The lowest BCUT2D eigenvalue weighted by Gasteiger charge is -2.20. The van der Waals surface area contributed by atoms with E-state index >= 15 is 0 Å². The monoisotopic (exact) mass is 386 g/mol. The number of anilines is 2. The van der Waals surface area contributed by atoms with Gasteiger partial charge in [0.1, 0.15) is 0 Å². The summed E-state index contributed by atoms with van der Waals surface area (Å²) >= 11 is 0. The van der Waals surface area contributed by atoms with Gasteiger partial charge in [-0.25, -0.2) is 4.90 Å². The lowest BCUT2D eigenvalue weighted by Crippen LogP contribution is -2.34. The Morgan fingerprint density at radius 3 is 2.14 bits per heavy atom. The Morgan fingerprint density at radius 1 is 0.931 bits per heavy atom. The molecule has 3 aliphatic rings. The summed E-state index contributed by atoms with van der Waals surface area (Å²) in [5, 5.41) is 2.91. The van der Waals surface area contributed by atoms with E-state index in [1.54, 1.807) is 24.3 Å². The van der Waals surface area contributed by atoms with Gasteiger partial charge in [0.15, 0.2) is 0 Å². The zero-order chi connectivity index (χ0) is 20.3. The van der Waals surface area contributed by atoms with Crippen LogP contribution in [0.1, 0.15) is 27.9 Å². The number of imide groups is 1. The molecule has 1 aliphatic heterocycles. The van der Waals surface area contributed by atoms with E-state index in [1.807, 2.05) is 32.0 Å². The van der Waals surface area contributed by atoms with Gasteiger partial charge in [0, 0.05) is 5.69 Å². The van der Waals surface area contributed by atoms with Gasteiger partial charge in [0.25, 0.3) is 5.91 Å². The van der Waals surface area contributed by atoms with Crippen LogP contribution in [0.5, 0.6) is 0 Å². The topological polar surface area (TPSA) is 66.5 Å². The fourth-order valence-corrected chi connectivity index (χ4v) is 5.25. The van der Waals surface area contributed by atoms with Gasteiger partial charge in [-0.05, 0) is 67.5 Å². The molecule has 1 saturated carbocycles. The van der Waals surface area contributed by atoms with Crippen LogP contribution < -0.4 is 10.2 Å². The number of aryl methyl sites for hydroxylation is 2. The van der Waals surface area contributed by atoms with Crippen molar-refractivity contribution < 1.29 is 14.4 Å². The van der Waals surface area contributed by atoms with Gasteiger partial charge < -0.3 is 5.32 Å². The van der Waals surface area contributed by atoms with Crippen molar-refractivity contribution in [1.29, 1.82) is 0 Å². The molecule has 0 aromatic heterocycles. The molecule has 2 fully saturated rings. The predicted molar refractivity (Wildman–Crippen MR) is 111 cm³/mol. The van der Waals surface area contributed by atoms with Gasteiger partial charge >= 0.3 is 0 Å². The van der Waals surface area contributed by atoms with Crippen LogP contribution in [0.15, 0.2) is 54.6 Å². The lowest BCUT2D eigenvalue weighted by molar-refractivity contribution is -0.123. The molecule has 0 spiro atoms. The molecule has 1 N–H and O–H groups in total. The molecule has 5 heteroatoms. The second kappa shape index (κ2) is 6.41. The van der Waals surface area contributed by atoms with Crippen LogP contribution in [0.3, 0.4) is 0 Å². The highest BCUT2D eigenvalue weighted by Crippen LogP contribution is 2.53. The first-order valence-corrected chi connectivity index (χ1v) is 9.99. The van der Waals surface area contributed by atoms with Crippen molar-refractivity contribution in [2.75, 3.05) is 10.2 Å². The molecular formula is C24H22N2O3. The van der Waals surface area contributed by atoms with Crippen molar-refractivity contribution in [3.8, 4) is 0 Å². The zero-order valence-electron chi connectivity index (χ0n) is 16.4. The number of nitrogens with one attached hydrogen (secondary N) is 1. The number of carbonyl (C=O) groups is 3. The molecule has 4 atom stereocenters. The fraction of sp³-hybridized carbons (Fsp3) is 0.292. The first kappa shape index (κ1) is 17.9. The molecule has 5 rings (SSSR count). The zero-order valence-corrected chi connectivity index (χ0v) is 16.4. The third-order valence-corrected chi connectivity index (χ3v) is 6.34. The Labute approximate surface area is 169 Å². The molecule has 2 aromatic rings. The predicted octanol–water partition coefficient (Wildman–Crippen LogP) is 3.87. The van der Waals surface area contributed by atoms with Crippen LogP contribution in [-0.4, -0.2) is 17.7 Å². The minimum absolute atomic E-state index is 0.141. The summed E-state index contributed by atoms with van der Waals surface area (Å²) < 4.78 is 0.